The number of anilines is 1. The Morgan fingerprint density at radius 3 is 2.34 bits per heavy atom. The number of hydrogen-bond acceptors (Lipinski definition) is 4. The molecule has 0 radical (unpaired) electrons. The van der Waals surface area contributed by atoms with E-state index >= 15 is 0 Å². The summed E-state index contributed by atoms with van der Waals surface area (Å²) in [5.74, 6) is 1.86. The number of rotatable bonds is 6. The third-order valence-corrected chi connectivity index (χ3v) is 5.68. The van der Waals surface area contributed by atoms with E-state index in [1.54, 1.807) is 7.11 Å². The Balaban J connectivity index is 1.59. The molecule has 1 aliphatic rings. The average Bonchev–Trinajstić information content (AvgIpc) is 3.09. The first-order valence-corrected chi connectivity index (χ1v) is 10.5. The Kier molecular flexibility index (Phi) is 7.01. The fourth-order valence-electron chi connectivity index (χ4n) is 4.06. The molecule has 1 saturated heterocycles. The molecule has 1 aromatic heterocycles. The first kappa shape index (κ1) is 21.0. The van der Waals surface area contributed by atoms with Crippen molar-refractivity contribution in [1.82, 2.24) is 20.0 Å². The summed E-state index contributed by atoms with van der Waals surface area (Å²) in [4.78, 5) is 9.29. The number of hydrogen-bond donors (Lipinski definition) is 1. The maximum atomic E-state index is 5.26. The highest BCUT2D eigenvalue weighted by Gasteiger charge is 2.21. The van der Waals surface area contributed by atoms with Gasteiger partial charge in [0.2, 0.25) is 0 Å². The van der Waals surface area contributed by atoms with E-state index in [9.17, 15) is 0 Å². The van der Waals surface area contributed by atoms with Gasteiger partial charge in [-0.15, -0.1) is 0 Å². The summed E-state index contributed by atoms with van der Waals surface area (Å²) < 4.78 is 7.28. The summed E-state index contributed by atoms with van der Waals surface area (Å²) in [5.41, 5.74) is 5.03. The minimum atomic E-state index is 0.769. The number of methoxy groups -OCH3 is 1. The van der Waals surface area contributed by atoms with Crippen molar-refractivity contribution in [2.45, 2.75) is 33.2 Å². The Hall–Kier alpha value is -2.70. The second kappa shape index (κ2) is 9.67. The maximum absolute atomic E-state index is 5.26. The average molecular weight is 399 g/mol. The van der Waals surface area contributed by atoms with E-state index in [4.69, 9.17) is 4.74 Å². The van der Waals surface area contributed by atoms with Crippen LogP contribution in [0.2, 0.25) is 0 Å². The van der Waals surface area contributed by atoms with Crippen molar-refractivity contribution in [2.24, 2.45) is 12.0 Å². The van der Waals surface area contributed by atoms with Crippen LogP contribution in [-0.2, 0) is 26.4 Å². The molecule has 0 amide bonds. The van der Waals surface area contributed by atoms with E-state index in [0.29, 0.717) is 0 Å². The third-order valence-electron chi connectivity index (χ3n) is 5.68. The van der Waals surface area contributed by atoms with Crippen LogP contribution in [0.1, 0.15) is 30.8 Å². The lowest BCUT2D eigenvalue weighted by Crippen LogP contribution is -2.52. The molecule has 1 aromatic carbocycles. The van der Waals surface area contributed by atoms with Gasteiger partial charge in [-0.25, -0.2) is 0 Å². The molecular weight excluding hydrogens is 364 g/mol. The molecule has 3 rings (SSSR count). The quantitative estimate of drug-likeness (QED) is 0.598. The SMILES string of the molecule is CCc1nn(C)c(CC)c1CNC(=NC)N1CCN(c2ccc(OC)cc2)CC1. The summed E-state index contributed by atoms with van der Waals surface area (Å²) >= 11 is 0. The molecule has 1 aliphatic heterocycles. The summed E-state index contributed by atoms with van der Waals surface area (Å²) in [6.07, 6.45) is 1.93. The van der Waals surface area contributed by atoms with Crippen molar-refractivity contribution in [1.29, 1.82) is 0 Å². The molecule has 0 aliphatic carbocycles. The van der Waals surface area contributed by atoms with Crippen molar-refractivity contribution in [3.63, 3.8) is 0 Å². The van der Waals surface area contributed by atoms with Crippen LogP contribution in [0.3, 0.4) is 0 Å². The number of nitrogens with one attached hydrogen (secondary N) is 1. The van der Waals surface area contributed by atoms with Crippen LogP contribution in [-0.4, -0.2) is 61.0 Å². The second-order valence-corrected chi connectivity index (χ2v) is 7.28. The normalized spacial score (nSPS) is 15.0. The lowest BCUT2D eigenvalue weighted by atomic mass is 10.1. The fourth-order valence-corrected chi connectivity index (χ4v) is 4.06. The highest BCUT2D eigenvalue weighted by Crippen LogP contribution is 2.21. The first-order valence-electron chi connectivity index (χ1n) is 10.5. The van der Waals surface area contributed by atoms with Gasteiger partial charge in [-0.05, 0) is 37.1 Å². The number of aromatic nitrogens is 2. The van der Waals surface area contributed by atoms with Gasteiger partial charge in [-0.2, -0.15) is 5.10 Å². The van der Waals surface area contributed by atoms with E-state index < -0.39 is 0 Å². The molecule has 2 aromatic rings. The maximum Gasteiger partial charge on any atom is 0.194 e. The highest BCUT2D eigenvalue weighted by molar-refractivity contribution is 5.80. The molecule has 0 spiro atoms. The molecule has 7 nitrogen and oxygen atoms in total. The fraction of sp³-hybridized carbons (Fsp3) is 0.545. The molecule has 7 heteroatoms. The topological polar surface area (TPSA) is 57.9 Å². The van der Waals surface area contributed by atoms with Crippen LogP contribution in [0.25, 0.3) is 0 Å². The zero-order valence-electron chi connectivity index (χ0n) is 18.4. The van der Waals surface area contributed by atoms with Gasteiger partial charge in [-0.1, -0.05) is 13.8 Å². The Morgan fingerprint density at radius 2 is 1.79 bits per heavy atom. The summed E-state index contributed by atoms with van der Waals surface area (Å²) in [5, 5.41) is 8.26. The van der Waals surface area contributed by atoms with Gasteiger partial charge in [0.25, 0.3) is 0 Å². The van der Waals surface area contributed by atoms with Gasteiger partial charge < -0.3 is 19.9 Å². The van der Waals surface area contributed by atoms with Crippen LogP contribution in [0, 0.1) is 0 Å². The molecule has 0 unspecified atom stereocenters. The third kappa shape index (κ3) is 4.66. The predicted molar refractivity (Wildman–Crippen MR) is 119 cm³/mol. The van der Waals surface area contributed by atoms with Crippen LogP contribution in [0.4, 0.5) is 5.69 Å². The number of benzene rings is 1. The van der Waals surface area contributed by atoms with E-state index in [-0.39, 0.29) is 0 Å². The standard InChI is InChI=1S/C22H34N6O/c1-6-20-19(21(7-2)26(4)25-20)16-24-22(23-3)28-14-12-27(13-15-28)17-8-10-18(29-5)11-9-17/h8-11H,6-7,12-16H2,1-5H3,(H,23,24). The molecule has 29 heavy (non-hydrogen) atoms. The zero-order valence-corrected chi connectivity index (χ0v) is 18.4. The molecule has 2 heterocycles. The summed E-state index contributed by atoms with van der Waals surface area (Å²) in [6.45, 7) is 8.96. The van der Waals surface area contributed by atoms with Gasteiger partial charge in [0.1, 0.15) is 5.75 Å². The van der Waals surface area contributed by atoms with Gasteiger partial charge in [-0.3, -0.25) is 9.67 Å². The van der Waals surface area contributed by atoms with E-state index in [0.717, 1.165) is 57.3 Å². The van der Waals surface area contributed by atoms with Crippen molar-refractivity contribution in [3.05, 3.63) is 41.2 Å². The Morgan fingerprint density at radius 1 is 1.10 bits per heavy atom. The van der Waals surface area contributed by atoms with Gasteiger partial charge in [0.15, 0.2) is 5.96 Å². The lowest BCUT2D eigenvalue weighted by molar-refractivity contribution is 0.372. The summed E-state index contributed by atoms with van der Waals surface area (Å²) in [7, 11) is 5.60. The van der Waals surface area contributed by atoms with E-state index in [1.807, 2.05) is 30.9 Å². The second-order valence-electron chi connectivity index (χ2n) is 7.28. The smallest absolute Gasteiger partial charge is 0.194 e. The van der Waals surface area contributed by atoms with Crippen LogP contribution >= 0.6 is 0 Å². The Bertz CT molecular complexity index is 819. The molecule has 1 fully saturated rings. The molecule has 158 valence electrons. The van der Waals surface area contributed by atoms with Crippen LogP contribution < -0.4 is 15.0 Å². The minimum absolute atomic E-state index is 0.769. The molecular formula is C22H34N6O. The van der Waals surface area contributed by atoms with E-state index in [1.165, 1.54) is 22.6 Å². The molecule has 1 N–H and O–H groups in total. The minimum Gasteiger partial charge on any atom is -0.497 e. The number of ether oxygens (including phenoxy) is 1. The Labute approximate surface area is 174 Å². The lowest BCUT2D eigenvalue weighted by Gasteiger charge is -2.37. The number of aliphatic imine (C=N–C) groups is 1. The van der Waals surface area contributed by atoms with Crippen LogP contribution in [0.5, 0.6) is 5.75 Å². The summed E-state index contributed by atoms with van der Waals surface area (Å²) in [6, 6.07) is 8.30. The predicted octanol–water partition coefficient (Wildman–Crippen LogP) is 2.45. The van der Waals surface area contributed by atoms with Crippen molar-refractivity contribution >= 4 is 11.6 Å². The van der Waals surface area contributed by atoms with Crippen molar-refractivity contribution in [3.8, 4) is 5.75 Å². The largest absolute Gasteiger partial charge is 0.497 e. The van der Waals surface area contributed by atoms with Gasteiger partial charge in [0.05, 0.1) is 12.8 Å². The zero-order chi connectivity index (χ0) is 20.8. The van der Waals surface area contributed by atoms with Gasteiger partial charge in [0, 0.05) is 63.8 Å². The van der Waals surface area contributed by atoms with Crippen LogP contribution in [0.15, 0.2) is 29.3 Å². The molecule has 0 atom stereocenters. The van der Waals surface area contributed by atoms with Gasteiger partial charge >= 0.3 is 0 Å². The van der Waals surface area contributed by atoms with Crippen molar-refractivity contribution in [2.75, 3.05) is 45.2 Å². The molecule has 0 saturated carbocycles. The monoisotopic (exact) mass is 398 g/mol. The first-order chi connectivity index (χ1) is 14.1. The number of guanidine groups is 1. The molecule has 0 bridgehead atoms. The number of aryl methyl sites for hydroxylation is 2. The van der Waals surface area contributed by atoms with E-state index in [2.05, 4.69) is 51.2 Å². The van der Waals surface area contributed by atoms with Crippen molar-refractivity contribution < 1.29 is 4.74 Å². The number of piperazine rings is 1. The number of nitrogens with zero attached hydrogens (tertiary/aromatic N) is 5. The highest BCUT2D eigenvalue weighted by atomic mass is 16.5.